The number of hydrogen-bond donors (Lipinski definition) is 2. The highest BCUT2D eigenvalue weighted by Crippen LogP contribution is 2.32. The molecule has 2 N–H and O–H groups in total. The molecule has 0 saturated heterocycles. The number of rotatable bonds is 18. The van der Waals surface area contributed by atoms with Crippen molar-refractivity contribution in [3.63, 3.8) is 0 Å². The second kappa shape index (κ2) is 13.7. The van der Waals surface area contributed by atoms with Crippen molar-refractivity contribution in [1.29, 1.82) is 0 Å². The summed E-state index contributed by atoms with van der Waals surface area (Å²) in [6.07, 6.45) is -0.805. The van der Waals surface area contributed by atoms with Gasteiger partial charge in [0.25, 0.3) is 0 Å². The number of hydrogen-bond acceptors (Lipinski definition) is 9. The Kier molecular flexibility index (Phi) is 14.1. The first-order valence-corrected chi connectivity index (χ1v) is 33.4. The molecule has 0 heterocycles. The summed E-state index contributed by atoms with van der Waals surface area (Å²) in [7, 11) is -17.0. The minimum absolute atomic E-state index is 0.117. The minimum Gasteiger partial charge on any atom is -0.437 e. The van der Waals surface area contributed by atoms with E-state index in [-0.39, 0.29) is 6.61 Å². The van der Waals surface area contributed by atoms with Crippen molar-refractivity contribution >= 4 is 59.4 Å². The second-order valence-corrected chi connectivity index (χ2v) is 41.1. The summed E-state index contributed by atoms with van der Waals surface area (Å²) in [6, 6.07) is 0.668. The average molecular weight is 637 g/mol. The van der Waals surface area contributed by atoms with Gasteiger partial charge in [0.1, 0.15) is 0 Å². The van der Waals surface area contributed by atoms with Gasteiger partial charge in [0.15, 0.2) is 31.2 Å². The van der Waals surface area contributed by atoms with E-state index in [2.05, 4.69) is 91.7 Å². The summed E-state index contributed by atoms with van der Waals surface area (Å²) in [5, 5.41) is 18.1. The summed E-state index contributed by atoms with van der Waals surface area (Å²) in [5.41, 5.74) is 0. The first-order chi connectivity index (χ1) is 15.7. The van der Waals surface area contributed by atoms with Crippen molar-refractivity contribution in [2.45, 2.75) is 117 Å². The lowest BCUT2D eigenvalue weighted by atomic mass is 10.5. The minimum atomic E-state index is -3.29. The Hall–Kier alpha value is 1.16. The van der Waals surface area contributed by atoms with Gasteiger partial charge >= 0.3 is 34.5 Å². The highest BCUT2D eigenvalue weighted by Gasteiger charge is 2.54. The van der Waals surface area contributed by atoms with Crippen LogP contribution in [0.3, 0.4) is 0 Å². The molecule has 0 aliphatic rings. The Labute approximate surface area is 228 Å². The zero-order valence-corrected chi connectivity index (χ0v) is 32.7. The molecule has 0 spiro atoms. The van der Waals surface area contributed by atoms with Gasteiger partial charge in [0.05, 0.1) is 6.61 Å². The largest absolute Gasteiger partial charge is 0.470 e. The highest BCUT2D eigenvalue weighted by molar-refractivity contribution is 6.92. The summed E-state index contributed by atoms with van der Waals surface area (Å²) in [6.45, 7) is 32.0. The summed E-state index contributed by atoms with van der Waals surface area (Å²) in [5.74, 6) is 0. The predicted octanol–water partition coefficient (Wildman–Crippen LogP) is 5.35. The number of ether oxygens (including phenoxy) is 1. The van der Waals surface area contributed by atoms with Gasteiger partial charge in [-0.1, -0.05) is 0 Å². The lowest BCUT2D eigenvalue weighted by Gasteiger charge is -2.46. The molecule has 9 nitrogen and oxygen atoms in total. The molecule has 36 heavy (non-hydrogen) atoms. The molecule has 0 aromatic rings. The van der Waals surface area contributed by atoms with E-state index >= 15 is 0 Å². The molecule has 0 fully saturated rings. The summed E-state index contributed by atoms with van der Waals surface area (Å²) in [4.78, 5) is 0. The molecule has 0 rings (SSSR count). The SMILES string of the molecule is C[Si](C)(C)O[Si](C)(C)O[Si](C)(O[Si](C)(C)O[Si](C)(C)C)O[Si](C)(CCCOCC(O)O)O[Si](C)(C)C. The Balaban J connectivity index is 6.09. The van der Waals surface area contributed by atoms with E-state index in [4.69, 9.17) is 39.6 Å². The first-order valence-electron chi connectivity index (χ1n) is 12.8. The van der Waals surface area contributed by atoms with Crippen LogP contribution in [0.15, 0.2) is 0 Å². The van der Waals surface area contributed by atoms with Crippen LogP contribution in [-0.2, 0) is 29.4 Å². The molecule has 0 bridgehead atoms. The smallest absolute Gasteiger partial charge is 0.437 e. The molecule has 1 atom stereocenters. The van der Waals surface area contributed by atoms with Gasteiger partial charge in [-0.2, -0.15) is 0 Å². The molecule has 0 amide bonds. The Morgan fingerprint density at radius 1 is 0.528 bits per heavy atom. The maximum atomic E-state index is 9.05. The third kappa shape index (κ3) is 19.3. The zero-order chi connectivity index (χ0) is 28.9. The molecule has 1 unspecified atom stereocenters. The molecule has 16 heteroatoms. The fourth-order valence-corrected chi connectivity index (χ4v) is 36.4. The van der Waals surface area contributed by atoms with Gasteiger partial charge < -0.3 is 39.6 Å². The molecule has 0 radical (unpaired) electrons. The second-order valence-electron chi connectivity index (χ2n) is 13.4. The van der Waals surface area contributed by atoms with E-state index in [9.17, 15) is 0 Å². The van der Waals surface area contributed by atoms with Crippen molar-refractivity contribution in [1.82, 2.24) is 0 Å². The van der Waals surface area contributed by atoms with Crippen LogP contribution in [-0.4, -0.2) is 89.2 Å². The third-order valence-electron chi connectivity index (χ3n) is 4.08. The van der Waals surface area contributed by atoms with Crippen LogP contribution in [0.4, 0.5) is 0 Å². The highest BCUT2D eigenvalue weighted by atomic mass is 28.5. The van der Waals surface area contributed by atoms with E-state index in [0.717, 1.165) is 0 Å². The summed E-state index contributed by atoms with van der Waals surface area (Å²) >= 11 is 0. The Morgan fingerprint density at radius 2 is 0.917 bits per heavy atom. The standard InChI is InChI=1S/C20H56O9Si7/c1-30(2,3)24-33(10,11)27-36(15,28-34(12,13)25-31(4,5)6)29-35(14,26-32(7,8)9)18-16-17-23-19-20(21)22/h20-22H,16-19H2,1-15H3. The van der Waals surface area contributed by atoms with Crippen LogP contribution in [0.2, 0.25) is 104 Å². The molecule has 0 aromatic carbocycles. The predicted molar refractivity (Wildman–Crippen MR) is 163 cm³/mol. The van der Waals surface area contributed by atoms with Crippen LogP contribution in [0, 0.1) is 0 Å². The van der Waals surface area contributed by atoms with Crippen molar-refractivity contribution in [2.24, 2.45) is 0 Å². The molecular weight excluding hydrogens is 581 g/mol. The number of aliphatic hydroxyl groups is 2. The van der Waals surface area contributed by atoms with E-state index < -0.39 is 65.7 Å². The fourth-order valence-electron chi connectivity index (χ4n) is 4.32. The molecular formula is C20H56O9Si7. The van der Waals surface area contributed by atoms with Crippen LogP contribution in [0.1, 0.15) is 6.42 Å². The van der Waals surface area contributed by atoms with E-state index in [1.165, 1.54) is 0 Å². The molecule has 0 aliphatic heterocycles. The normalized spacial score (nSPS) is 16.5. The zero-order valence-electron chi connectivity index (χ0n) is 25.7. The van der Waals surface area contributed by atoms with Gasteiger partial charge in [-0.15, -0.1) is 0 Å². The lowest BCUT2D eigenvalue weighted by Crippen LogP contribution is -2.65. The lowest BCUT2D eigenvalue weighted by molar-refractivity contribution is -0.0945. The van der Waals surface area contributed by atoms with E-state index in [1.54, 1.807) is 0 Å². The van der Waals surface area contributed by atoms with Gasteiger partial charge in [0, 0.05) is 13.2 Å². The topological polar surface area (TPSA) is 105 Å². The molecule has 0 saturated carbocycles. The maximum absolute atomic E-state index is 9.05. The maximum Gasteiger partial charge on any atom is 0.470 e. The molecule has 0 aliphatic carbocycles. The van der Waals surface area contributed by atoms with Crippen LogP contribution in [0.5, 0.6) is 0 Å². The van der Waals surface area contributed by atoms with Crippen LogP contribution < -0.4 is 0 Å². The first kappa shape index (κ1) is 37.2. The van der Waals surface area contributed by atoms with Gasteiger partial charge in [-0.3, -0.25) is 0 Å². The van der Waals surface area contributed by atoms with Crippen LogP contribution >= 0.6 is 0 Å². The van der Waals surface area contributed by atoms with Gasteiger partial charge in [-0.25, -0.2) is 0 Å². The number of aliphatic hydroxyl groups excluding tert-OH is 1. The van der Waals surface area contributed by atoms with Crippen molar-refractivity contribution in [3.05, 3.63) is 0 Å². The van der Waals surface area contributed by atoms with Crippen LogP contribution in [0.25, 0.3) is 0 Å². The average Bonchev–Trinajstić information content (AvgIpc) is 2.44. The van der Waals surface area contributed by atoms with E-state index in [0.29, 0.717) is 19.1 Å². The molecule has 0 aromatic heterocycles. The van der Waals surface area contributed by atoms with Crippen molar-refractivity contribution in [3.8, 4) is 0 Å². The Bertz CT molecular complexity index is 631. The molecule has 218 valence electrons. The quantitative estimate of drug-likeness (QED) is 0.117. The third-order valence-corrected chi connectivity index (χ3v) is 28.5. The monoisotopic (exact) mass is 636 g/mol. The van der Waals surface area contributed by atoms with Crippen molar-refractivity contribution in [2.75, 3.05) is 13.2 Å². The van der Waals surface area contributed by atoms with Gasteiger partial charge in [-0.05, 0) is 104 Å². The Morgan fingerprint density at radius 3 is 1.25 bits per heavy atom. The van der Waals surface area contributed by atoms with Gasteiger partial charge in [0.2, 0.25) is 0 Å². The fraction of sp³-hybridized carbons (Fsp3) is 1.00. The van der Waals surface area contributed by atoms with E-state index in [1.807, 2.05) is 6.55 Å². The summed E-state index contributed by atoms with van der Waals surface area (Å²) < 4.78 is 45.7. The van der Waals surface area contributed by atoms with Crippen molar-refractivity contribution < 1.29 is 39.6 Å².